The molecule has 6 heteroatoms. The van der Waals surface area contributed by atoms with Gasteiger partial charge in [0.15, 0.2) is 0 Å². The van der Waals surface area contributed by atoms with E-state index in [1.807, 2.05) is 24.3 Å². The summed E-state index contributed by atoms with van der Waals surface area (Å²) in [5.41, 5.74) is 2.40. The normalized spacial score (nSPS) is 24.5. The van der Waals surface area contributed by atoms with Gasteiger partial charge in [-0.25, -0.2) is 0 Å². The Morgan fingerprint density at radius 2 is 2.17 bits per heavy atom. The fourth-order valence-electron chi connectivity index (χ4n) is 3.02. The molecule has 0 radical (unpaired) electrons. The third-order valence-corrected chi connectivity index (χ3v) is 6.65. The number of hydrogen-bond donors (Lipinski definition) is 1. The van der Waals surface area contributed by atoms with Crippen LogP contribution in [0.15, 0.2) is 50.0 Å². The van der Waals surface area contributed by atoms with E-state index in [4.69, 9.17) is 14.7 Å². The van der Waals surface area contributed by atoms with Gasteiger partial charge in [-0.1, -0.05) is 29.1 Å². The molecule has 0 amide bonds. The summed E-state index contributed by atoms with van der Waals surface area (Å²) in [7, 11) is 1.76. The van der Waals surface area contributed by atoms with Gasteiger partial charge in [0.2, 0.25) is 0 Å². The van der Waals surface area contributed by atoms with E-state index in [1.165, 1.54) is 9.77 Å². The third kappa shape index (κ3) is 3.24. The molecule has 2 heterocycles. The van der Waals surface area contributed by atoms with Crippen LogP contribution in [0.3, 0.4) is 0 Å². The second-order valence-electron chi connectivity index (χ2n) is 5.82. The SMILES string of the molecule is CO[C@]1(c2csc(Sc3ccc(/C(C)=N/O)cc3)c2)CCO[C@@H]1C. The number of rotatable bonds is 5. The molecular weight excluding hydrogens is 342 g/mol. The molecule has 0 aliphatic carbocycles. The largest absolute Gasteiger partial charge is 0.411 e. The van der Waals surface area contributed by atoms with Gasteiger partial charge in [-0.2, -0.15) is 0 Å². The molecule has 1 aliphatic heterocycles. The van der Waals surface area contributed by atoms with E-state index in [0.29, 0.717) is 5.71 Å². The third-order valence-electron chi connectivity index (χ3n) is 4.57. The summed E-state index contributed by atoms with van der Waals surface area (Å²) >= 11 is 3.45. The molecular formula is C18H21NO3S2. The van der Waals surface area contributed by atoms with E-state index >= 15 is 0 Å². The van der Waals surface area contributed by atoms with E-state index in [-0.39, 0.29) is 11.7 Å². The van der Waals surface area contributed by atoms with Crippen LogP contribution in [-0.2, 0) is 15.1 Å². The topological polar surface area (TPSA) is 51.0 Å². The highest BCUT2D eigenvalue weighted by Gasteiger charge is 2.44. The first-order valence-electron chi connectivity index (χ1n) is 7.82. The molecule has 1 aliphatic rings. The zero-order valence-corrected chi connectivity index (χ0v) is 15.6. The molecule has 1 N–H and O–H groups in total. The van der Waals surface area contributed by atoms with Crippen molar-refractivity contribution in [2.24, 2.45) is 5.16 Å². The second kappa shape index (κ2) is 7.27. The molecule has 3 rings (SSSR count). The van der Waals surface area contributed by atoms with Crippen molar-refractivity contribution in [3.8, 4) is 0 Å². The van der Waals surface area contributed by atoms with Gasteiger partial charge in [-0.3, -0.25) is 0 Å². The fourth-order valence-corrected chi connectivity index (χ4v) is 5.04. The molecule has 2 aromatic rings. The molecule has 1 saturated heterocycles. The standard InChI is InChI=1S/C18H21NO3S2/c1-12(19-20)14-4-6-16(7-5-14)24-17-10-15(11-23-17)18(21-3)8-9-22-13(18)2/h4-7,10-11,13,20H,8-9H2,1-3H3/b19-12+/t13-,18-/m1/s1. The Hall–Kier alpha value is -1.34. The molecule has 2 atom stereocenters. The Bertz CT molecular complexity index is 726. The van der Waals surface area contributed by atoms with Gasteiger partial charge in [-0.05, 0) is 48.6 Å². The summed E-state index contributed by atoms with van der Waals surface area (Å²) in [5, 5.41) is 14.2. The first-order valence-corrected chi connectivity index (χ1v) is 9.51. The number of ether oxygens (including phenoxy) is 2. The minimum atomic E-state index is -0.326. The Morgan fingerprint density at radius 3 is 2.75 bits per heavy atom. The Morgan fingerprint density at radius 1 is 1.42 bits per heavy atom. The quantitative estimate of drug-likeness (QED) is 0.473. The summed E-state index contributed by atoms with van der Waals surface area (Å²) in [4.78, 5) is 1.15. The Kier molecular flexibility index (Phi) is 5.30. The lowest BCUT2D eigenvalue weighted by Gasteiger charge is -2.30. The van der Waals surface area contributed by atoms with Crippen LogP contribution in [0.2, 0.25) is 0 Å². The number of thiophene rings is 1. The van der Waals surface area contributed by atoms with E-state index in [0.717, 1.165) is 23.5 Å². The van der Waals surface area contributed by atoms with Crippen molar-refractivity contribution >= 4 is 28.8 Å². The summed E-state index contributed by atoms with van der Waals surface area (Å²) in [6.45, 7) is 4.59. The van der Waals surface area contributed by atoms with Crippen LogP contribution in [0.5, 0.6) is 0 Å². The highest BCUT2D eigenvalue weighted by atomic mass is 32.2. The molecule has 4 nitrogen and oxygen atoms in total. The van der Waals surface area contributed by atoms with Gasteiger partial charge in [0.05, 0.1) is 22.6 Å². The molecule has 128 valence electrons. The lowest BCUT2D eigenvalue weighted by atomic mass is 9.90. The zero-order chi connectivity index (χ0) is 17.2. The van der Waals surface area contributed by atoms with Gasteiger partial charge < -0.3 is 14.7 Å². The molecule has 1 fully saturated rings. The van der Waals surface area contributed by atoms with Crippen LogP contribution in [-0.4, -0.2) is 30.7 Å². The van der Waals surface area contributed by atoms with Crippen molar-refractivity contribution in [3.63, 3.8) is 0 Å². The Balaban J connectivity index is 1.77. The van der Waals surface area contributed by atoms with E-state index < -0.39 is 0 Å². The average molecular weight is 364 g/mol. The molecule has 0 spiro atoms. The van der Waals surface area contributed by atoms with Gasteiger partial charge >= 0.3 is 0 Å². The van der Waals surface area contributed by atoms with Crippen LogP contribution in [0.4, 0.5) is 0 Å². The van der Waals surface area contributed by atoms with Crippen molar-refractivity contribution in [3.05, 3.63) is 46.8 Å². The van der Waals surface area contributed by atoms with Crippen LogP contribution in [0, 0.1) is 0 Å². The highest BCUT2D eigenvalue weighted by Crippen LogP contribution is 2.43. The van der Waals surface area contributed by atoms with Gasteiger partial charge in [0, 0.05) is 18.4 Å². The lowest BCUT2D eigenvalue weighted by molar-refractivity contribution is -0.0645. The first-order chi connectivity index (χ1) is 11.6. The minimum Gasteiger partial charge on any atom is -0.411 e. The number of benzene rings is 1. The monoisotopic (exact) mass is 363 g/mol. The second-order valence-corrected chi connectivity index (χ2v) is 8.11. The highest BCUT2D eigenvalue weighted by molar-refractivity contribution is 8.01. The number of nitrogens with zero attached hydrogens (tertiary/aromatic N) is 1. The molecule has 1 aromatic heterocycles. The number of hydrogen-bond acceptors (Lipinski definition) is 6. The molecule has 24 heavy (non-hydrogen) atoms. The van der Waals surface area contributed by atoms with E-state index in [2.05, 4.69) is 23.5 Å². The predicted molar refractivity (Wildman–Crippen MR) is 97.6 cm³/mol. The van der Waals surface area contributed by atoms with Crippen LogP contribution in [0.1, 0.15) is 31.4 Å². The van der Waals surface area contributed by atoms with Crippen molar-refractivity contribution in [1.29, 1.82) is 0 Å². The summed E-state index contributed by atoms with van der Waals surface area (Å²) < 4.78 is 12.8. The zero-order valence-electron chi connectivity index (χ0n) is 14.0. The molecule has 0 unspecified atom stereocenters. The van der Waals surface area contributed by atoms with E-state index in [1.54, 1.807) is 37.1 Å². The van der Waals surface area contributed by atoms with Gasteiger partial charge in [-0.15, -0.1) is 11.3 Å². The molecule has 0 bridgehead atoms. The lowest BCUT2D eigenvalue weighted by Crippen LogP contribution is -2.35. The summed E-state index contributed by atoms with van der Waals surface area (Å²) in [6, 6.07) is 10.2. The van der Waals surface area contributed by atoms with Crippen molar-refractivity contribution in [2.45, 2.75) is 41.1 Å². The average Bonchev–Trinajstić information content (AvgIpc) is 3.22. The van der Waals surface area contributed by atoms with Crippen LogP contribution in [0.25, 0.3) is 0 Å². The van der Waals surface area contributed by atoms with Crippen LogP contribution >= 0.6 is 23.1 Å². The molecule has 0 saturated carbocycles. The number of oxime groups is 1. The Labute approximate surface area is 150 Å². The first kappa shape index (κ1) is 17.5. The van der Waals surface area contributed by atoms with Gasteiger partial charge in [0.25, 0.3) is 0 Å². The maximum atomic E-state index is 8.83. The summed E-state index contributed by atoms with van der Waals surface area (Å²) in [6.07, 6.45) is 0.954. The number of methoxy groups -OCH3 is 1. The van der Waals surface area contributed by atoms with E-state index in [9.17, 15) is 0 Å². The van der Waals surface area contributed by atoms with Crippen molar-refractivity contribution < 1.29 is 14.7 Å². The maximum Gasteiger partial charge on any atom is 0.121 e. The smallest absolute Gasteiger partial charge is 0.121 e. The molecule has 1 aromatic carbocycles. The van der Waals surface area contributed by atoms with Crippen molar-refractivity contribution in [1.82, 2.24) is 0 Å². The van der Waals surface area contributed by atoms with Crippen LogP contribution < -0.4 is 0 Å². The minimum absolute atomic E-state index is 0.0648. The summed E-state index contributed by atoms with van der Waals surface area (Å²) in [5.74, 6) is 0. The van der Waals surface area contributed by atoms with Gasteiger partial charge in [0.1, 0.15) is 5.60 Å². The fraction of sp³-hybridized carbons (Fsp3) is 0.389. The maximum absolute atomic E-state index is 8.83. The predicted octanol–water partition coefficient (Wildman–Crippen LogP) is 4.75. The van der Waals surface area contributed by atoms with Crippen molar-refractivity contribution in [2.75, 3.05) is 13.7 Å².